The van der Waals surface area contributed by atoms with Crippen molar-refractivity contribution in [3.05, 3.63) is 84.6 Å². The van der Waals surface area contributed by atoms with Crippen molar-refractivity contribution in [2.45, 2.75) is 11.7 Å². The Bertz CT molecular complexity index is 1320. The van der Waals surface area contributed by atoms with Gasteiger partial charge in [0.1, 0.15) is 5.76 Å². The molecular weight excluding hydrogens is 456 g/mol. The van der Waals surface area contributed by atoms with Gasteiger partial charge >= 0.3 is 0 Å². The van der Waals surface area contributed by atoms with Crippen LogP contribution in [0.5, 0.6) is 11.5 Å². The van der Waals surface area contributed by atoms with Gasteiger partial charge in [-0.1, -0.05) is 17.8 Å². The molecule has 2 amide bonds. The summed E-state index contributed by atoms with van der Waals surface area (Å²) in [6.07, 6.45) is 5.01. The number of furan rings is 1. The van der Waals surface area contributed by atoms with Crippen LogP contribution in [-0.4, -0.2) is 33.9 Å². The predicted octanol–water partition coefficient (Wildman–Crippen LogP) is 3.85. The number of hydrogen-bond donors (Lipinski definition) is 2. The van der Waals surface area contributed by atoms with Gasteiger partial charge in [0.2, 0.25) is 12.7 Å². The van der Waals surface area contributed by atoms with Crippen molar-refractivity contribution in [2.24, 2.45) is 0 Å². The lowest BCUT2D eigenvalue weighted by Crippen LogP contribution is -2.22. The molecule has 5 rings (SSSR count). The van der Waals surface area contributed by atoms with Crippen LogP contribution in [0, 0.1) is 0 Å². The van der Waals surface area contributed by atoms with E-state index in [1.54, 1.807) is 67.2 Å². The standard InChI is InChI=1S/C24H20N4O5S/c29-22(27-17-6-7-20-21(12-17)33-15-32-20)14-34-24-25-8-9-28(24)18-4-1-3-16(11-18)23(30)26-13-19-5-2-10-31-19/h1-12H,13-15H2,(H,26,30)(H,27,29). The van der Waals surface area contributed by atoms with Crippen LogP contribution in [0.1, 0.15) is 16.1 Å². The minimum atomic E-state index is -0.212. The van der Waals surface area contributed by atoms with E-state index in [1.165, 1.54) is 11.8 Å². The van der Waals surface area contributed by atoms with Crippen LogP contribution in [-0.2, 0) is 11.3 Å². The van der Waals surface area contributed by atoms with Gasteiger partial charge in [-0.25, -0.2) is 4.98 Å². The molecule has 2 aromatic carbocycles. The molecule has 0 bridgehead atoms. The maximum Gasteiger partial charge on any atom is 0.251 e. The number of rotatable bonds is 8. The van der Waals surface area contributed by atoms with Gasteiger partial charge in [-0.15, -0.1) is 0 Å². The predicted molar refractivity (Wildman–Crippen MR) is 125 cm³/mol. The maximum atomic E-state index is 12.6. The lowest BCUT2D eigenvalue weighted by atomic mass is 10.2. The van der Waals surface area contributed by atoms with Gasteiger partial charge in [0, 0.05) is 35.4 Å². The Kier molecular flexibility index (Phi) is 6.21. The Labute approximate surface area is 199 Å². The second-order valence-electron chi connectivity index (χ2n) is 7.30. The largest absolute Gasteiger partial charge is 0.467 e. The van der Waals surface area contributed by atoms with Crippen molar-refractivity contribution >= 4 is 29.3 Å². The summed E-state index contributed by atoms with van der Waals surface area (Å²) in [5.74, 6) is 1.71. The third-order valence-corrected chi connectivity index (χ3v) is 5.95. The van der Waals surface area contributed by atoms with Gasteiger partial charge in [0.25, 0.3) is 5.91 Å². The number of anilines is 1. The van der Waals surface area contributed by atoms with Gasteiger partial charge in [-0.05, 0) is 42.5 Å². The molecule has 0 unspecified atom stereocenters. The van der Waals surface area contributed by atoms with Crippen LogP contribution in [0.4, 0.5) is 5.69 Å². The van der Waals surface area contributed by atoms with E-state index in [9.17, 15) is 9.59 Å². The fraction of sp³-hybridized carbons (Fsp3) is 0.125. The average Bonchev–Trinajstić information content (AvgIpc) is 3.63. The van der Waals surface area contributed by atoms with Crippen molar-refractivity contribution in [2.75, 3.05) is 17.9 Å². The molecule has 0 atom stereocenters. The van der Waals surface area contributed by atoms with Crippen molar-refractivity contribution < 1.29 is 23.5 Å². The number of amides is 2. The molecule has 0 aliphatic carbocycles. The monoisotopic (exact) mass is 476 g/mol. The number of hydrogen-bond acceptors (Lipinski definition) is 7. The number of carbonyl (C=O) groups is 2. The minimum absolute atomic E-state index is 0.161. The lowest BCUT2D eigenvalue weighted by molar-refractivity contribution is -0.113. The highest BCUT2D eigenvalue weighted by atomic mass is 32.2. The smallest absolute Gasteiger partial charge is 0.251 e. The van der Waals surface area contributed by atoms with E-state index in [-0.39, 0.29) is 24.4 Å². The van der Waals surface area contributed by atoms with Crippen LogP contribution in [0.3, 0.4) is 0 Å². The highest BCUT2D eigenvalue weighted by Crippen LogP contribution is 2.34. The Balaban J connectivity index is 1.21. The molecule has 0 fully saturated rings. The molecule has 2 N–H and O–H groups in total. The van der Waals surface area contributed by atoms with Gasteiger partial charge in [0.15, 0.2) is 16.7 Å². The van der Waals surface area contributed by atoms with Crippen molar-refractivity contribution in [1.82, 2.24) is 14.9 Å². The number of nitrogens with one attached hydrogen (secondary N) is 2. The zero-order valence-electron chi connectivity index (χ0n) is 17.9. The number of fused-ring (bicyclic) bond motifs is 1. The first-order valence-electron chi connectivity index (χ1n) is 10.4. The van der Waals surface area contributed by atoms with Crippen molar-refractivity contribution in [3.8, 4) is 17.2 Å². The van der Waals surface area contributed by atoms with Gasteiger partial charge in [-0.2, -0.15) is 0 Å². The first-order chi connectivity index (χ1) is 16.7. The summed E-state index contributed by atoms with van der Waals surface area (Å²) < 4.78 is 17.7. The molecule has 2 aromatic heterocycles. The van der Waals surface area contributed by atoms with E-state index >= 15 is 0 Å². The molecule has 34 heavy (non-hydrogen) atoms. The fourth-order valence-electron chi connectivity index (χ4n) is 3.37. The van der Waals surface area contributed by atoms with Gasteiger partial charge in [-0.3, -0.25) is 14.2 Å². The molecule has 0 saturated carbocycles. The summed E-state index contributed by atoms with van der Waals surface area (Å²) in [7, 11) is 0. The highest BCUT2D eigenvalue weighted by molar-refractivity contribution is 7.99. The zero-order chi connectivity index (χ0) is 23.3. The number of carbonyl (C=O) groups excluding carboxylic acids is 2. The Hall–Kier alpha value is -4.18. The second-order valence-corrected chi connectivity index (χ2v) is 8.24. The van der Waals surface area contributed by atoms with E-state index in [4.69, 9.17) is 13.9 Å². The zero-order valence-corrected chi connectivity index (χ0v) is 18.7. The molecule has 1 aliphatic rings. The molecule has 0 spiro atoms. The summed E-state index contributed by atoms with van der Waals surface area (Å²) in [5, 5.41) is 6.32. The lowest BCUT2D eigenvalue weighted by Gasteiger charge is -2.10. The summed E-state index contributed by atoms with van der Waals surface area (Å²) in [6.45, 7) is 0.485. The number of imidazole rings is 1. The van der Waals surface area contributed by atoms with Crippen molar-refractivity contribution in [1.29, 1.82) is 0 Å². The Morgan fingerprint density at radius 3 is 2.85 bits per heavy atom. The third-order valence-electron chi connectivity index (χ3n) is 4.99. The number of benzene rings is 2. The molecule has 10 heteroatoms. The summed E-state index contributed by atoms with van der Waals surface area (Å²) in [5.41, 5.74) is 1.91. The number of thioether (sulfide) groups is 1. The minimum Gasteiger partial charge on any atom is -0.467 e. The third kappa shape index (κ3) is 4.91. The molecule has 3 heterocycles. The number of aromatic nitrogens is 2. The Morgan fingerprint density at radius 2 is 1.97 bits per heavy atom. The highest BCUT2D eigenvalue weighted by Gasteiger charge is 2.15. The molecular formula is C24H20N4O5S. The molecule has 1 aliphatic heterocycles. The van der Waals surface area contributed by atoms with E-state index in [1.807, 2.05) is 10.6 Å². The van der Waals surface area contributed by atoms with Gasteiger partial charge < -0.3 is 24.5 Å². The Morgan fingerprint density at radius 1 is 1.06 bits per heavy atom. The topological polar surface area (TPSA) is 108 Å². The summed E-state index contributed by atoms with van der Waals surface area (Å²) in [6, 6.07) is 16.0. The van der Waals surface area contributed by atoms with E-state index in [0.29, 0.717) is 40.2 Å². The molecule has 4 aromatic rings. The first kappa shape index (κ1) is 21.7. The van der Waals surface area contributed by atoms with Gasteiger partial charge in [0.05, 0.1) is 18.6 Å². The SMILES string of the molecule is O=C(CSc1nccn1-c1cccc(C(=O)NCc2ccco2)c1)Nc1ccc2c(c1)OCO2. The molecule has 0 radical (unpaired) electrons. The van der Waals surface area contributed by atoms with E-state index in [2.05, 4.69) is 15.6 Å². The van der Waals surface area contributed by atoms with Crippen LogP contribution in [0.15, 0.2) is 82.8 Å². The molecule has 9 nitrogen and oxygen atoms in total. The maximum absolute atomic E-state index is 12.6. The normalized spacial score (nSPS) is 11.9. The number of nitrogens with zero attached hydrogens (tertiary/aromatic N) is 2. The van der Waals surface area contributed by atoms with Crippen LogP contribution in [0.25, 0.3) is 5.69 Å². The van der Waals surface area contributed by atoms with E-state index in [0.717, 1.165) is 5.69 Å². The molecule has 172 valence electrons. The first-order valence-corrected chi connectivity index (χ1v) is 11.4. The average molecular weight is 477 g/mol. The van der Waals surface area contributed by atoms with Crippen LogP contribution < -0.4 is 20.1 Å². The van der Waals surface area contributed by atoms with Crippen molar-refractivity contribution in [3.63, 3.8) is 0 Å². The second kappa shape index (κ2) is 9.75. The number of ether oxygens (including phenoxy) is 2. The van der Waals surface area contributed by atoms with Crippen LogP contribution >= 0.6 is 11.8 Å². The summed E-state index contributed by atoms with van der Waals surface area (Å²) in [4.78, 5) is 29.4. The molecule has 0 saturated heterocycles. The fourth-order valence-corrected chi connectivity index (χ4v) is 4.15. The van der Waals surface area contributed by atoms with Crippen LogP contribution in [0.2, 0.25) is 0 Å². The quantitative estimate of drug-likeness (QED) is 0.372. The van der Waals surface area contributed by atoms with E-state index < -0.39 is 0 Å². The summed E-state index contributed by atoms with van der Waals surface area (Å²) >= 11 is 1.30.